The molecule has 3 heterocycles. The van der Waals surface area contributed by atoms with Crippen LogP contribution >= 0.6 is 11.3 Å². The van der Waals surface area contributed by atoms with Gasteiger partial charge >= 0.3 is 6.18 Å². The van der Waals surface area contributed by atoms with Crippen LogP contribution in [0.15, 0.2) is 30.7 Å². The van der Waals surface area contributed by atoms with Gasteiger partial charge in [0.1, 0.15) is 23.2 Å². The Bertz CT molecular complexity index is 1190. The number of alkyl halides is 3. The number of nitrogens with zero attached hydrogens (tertiary/aromatic N) is 3. The molecule has 1 aromatic carbocycles. The fourth-order valence-electron chi connectivity index (χ4n) is 3.51. The molecule has 1 saturated heterocycles. The molecule has 2 aromatic heterocycles. The van der Waals surface area contributed by atoms with E-state index in [9.17, 15) is 18.0 Å². The summed E-state index contributed by atoms with van der Waals surface area (Å²) in [7, 11) is 0. The molecular formula is C23H22F4N4O3S. The van der Waals surface area contributed by atoms with Crippen LogP contribution < -0.4 is 10.1 Å². The van der Waals surface area contributed by atoms with Gasteiger partial charge in [-0.1, -0.05) is 0 Å². The summed E-state index contributed by atoms with van der Waals surface area (Å²) in [6.07, 6.45) is 0.570. The first-order chi connectivity index (χ1) is 16.6. The first-order valence-corrected chi connectivity index (χ1v) is 11.6. The lowest BCUT2D eigenvalue weighted by molar-refractivity contribution is -0.145. The molecule has 186 valence electrons. The molecule has 0 spiro atoms. The van der Waals surface area contributed by atoms with Crippen LogP contribution in [0.25, 0.3) is 10.6 Å². The predicted molar refractivity (Wildman–Crippen MR) is 120 cm³/mol. The second-order valence-electron chi connectivity index (χ2n) is 8.09. The number of aromatic nitrogens is 3. The lowest BCUT2D eigenvalue weighted by Crippen LogP contribution is -2.28. The van der Waals surface area contributed by atoms with E-state index in [0.717, 1.165) is 30.1 Å². The molecule has 0 radical (unpaired) electrons. The molecule has 1 aliphatic heterocycles. The second-order valence-corrected chi connectivity index (χ2v) is 9.32. The topological polar surface area (TPSA) is 86.2 Å². The Balaban J connectivity index is 1.58. The van der Waals surface area contributed by atoms with Gasteiger partial charge in [-0.2, -0.15) is 13.2 Å². The maximum Gasteiger partial charge on any atom is 0.451 e. The Morgan fingerprint density at radius 3 is 2.60 bits per heavy atom. The van der Waals surface area contributed by atoms with Crippen molar-refractivity contribution in [3.8, 4) is 16.3 Å². The standard InChI is InChI=1S/C23H22F4N4O3S/c1-12-8-28-21(35-12)18-7-16(34-11-15-4-3-5-33-15)6-17(19(18)24)20(32)31-13(2)14-9-29-22(30-10-14)23(25,26)27/h6-10,13,15H,3-5,11H2,1-2H3,(H,31,32)/t13-,15+/m1/s1. The summed E-state index contributed by atoms with van der Waals surface area (Å²) in [5, 5.41) is 2.97. The molecule has 1 N–H and O–H groups in total. The number of hydrogen-bond acceptors (Lipinski definition) is 7. The summed E-state index contributed by atoms with van der Waals surface area (Å²) in [5.41, 5.74) is 0.0642. The minimum Gasteiger partial charge on any atom is -0.491 e. The number of ether oxygens (including phenoxy) is 2. The quantitative estimate of drug-likeness (QED) is 0.445. The normalized spacial score (nSPS) is 16.8. The van der Waals surface area contributed by atoms with Gasteiger partial charge in [0, 0.05) is 35.6 Å². The Morgan fingerprint density at radius 2 is 2.00 bits per heavy atom. The van der Waals surface area contributed by atoms with Crippen LogP contribution in [0.5, 0.6) is 5.75 Å². The van der Waals surface area contributed by atoms with Gasteiger partial charge in [-0.05, 0) is 38.8 Å². The van der Waals surface area contributed by atoms with Crippen LogP contribution in [0.3, 0.4) is 0 Å². The highest BCUT2D eigenvalue weighted by Gasteiger charge is 2.34. The zero-order valence-electron chi connectivity index (χ0n) is 18.9. The third kappa shape index (κ3) is 5.93. The highest BCUT2D eigenvalue weighted by atomic mass is 32.1. The molecular weight excluding hydrogens is 488 g/mol. The molecule has 0 unspecified atom stereocenters. The molecule has 1 aliphatic rings. The monoisotopic (exact) mass is 510 g/mol. The lowest BCUT2D eigenvalue weighted by atomic mass is 10.1. The van der Waals surface area contributed by atoms with Gasteiger partial charge in [0.2, 0.25) is 5.82 Å². The van der Waals surface area contributed by atoms with Crippen molar-refractivity contribution in [1.29, 1.82) is 0 Å². The third-order valence-corrected chi connectivity index (χ3v) is 6.32. The van der Waals surface area contributed by atoms with E-state index in [0.29, 0.717) is 11.6 Å². The number of carbonyl (C=O) groups is 1. The first kappa shape index (κ1) is 25.0. The Hall–Kier alpha value is -3.12. The SMILES string of the molecule is Cc1cnc(-c2cc(OC[C@@H]3CCCO3)cc(C(=O)N[C@H](C)c3cnc(C(F)(F)F)nc3)c2F)s1. The number of rotatable bonds is 7. The molecule has 4 rings (SSSR count). The van der Waals surface area contributed by atoms with Gasteiger partial charge in [-0.15, -0.1) is 11.3 Å². The summed E-state index contributed by atoms with van der Waals surface area (Å²) in [5.74, 6) is -2.56. The minimum atomic E-state index is -4.68. The third-order valence-electron chi connectivity index (χ3n) is 5.38. The van der Waals surface area contributed by atoms with Crippen molar-refractivity contribution in [3.05, 3.63) is 58.4 Å². The van der Waals surface area contributed by atoms with Gasteiger partial charge < -0.3 is 14.8 Å². The largest absolute Gasteiger partial charge is 0.491 e. The number of halogens is 4. The molecule has 0 aliphatic carbocycles. The van der Waals surface area contributed by atoms with Crippen molar-refractivity contribution in [3.63, 3.8) is 0 Å². The van der Waals surface area contributed by atoms with Crippen molar-refractivity contribution in [2.45, 2.75) is 45.0 Å². The number of thiazole rings is 1. The van der Waals surface area contributed by atoms with Crippen LogP contribution in [0.4, 0.5) is 17.6 Å². The predicted octanol–water partition coefficient (Wildman–Crippen LogP) is 5.12. The summed E-state index contributed by atoms with van der Waals surface area (Å²) < 4.78 is 65.0. The molecule has 3 aromatic rings. The molecule has 0 bridgehead atoms. The van der Waals surface area contributed by atoms with E-state index in [-0.39, 0.29) is 35.2 Å². The number of hydrogen-bond donors (Lipinski definition) is 1. The van der Waals surface area contributed by atoms with Crippen LogP contribution in [-0.4, -0.2) is 40.2 Å². The Kier molecular flexibility index (Phi) is 7.31. The molecule has 0 saturated carbocycles. The number of benzene rings is 1. The van der Waals surface area contributed by atoms with Gasteiger partial charge in [0.05, 0.1) is 23.3 Å². The molecule has 35 heavy (non-hydrogen) atoms. The Morgan fingerprint density at radius 1 is 1.26 bits per heavy atom. The fourth-order valence-corrected chi connectivity index (χ4v) is 4.29. The van der Waals surface area contributed by atoms with Crippen molar-refractivity contribution < 1.29 is 31.8 Å². The number of nitrogens with one attached hydrogen (secondary N) is 1. The molecule has 2 atom stereocenters. The summed E-state index contributed by atoms with van der Waals surface area (Å²) in [6, 6.07) is 2.00. The molecule has 7 nitrogen and oxygen atoms in total. The fraction of sp³-hybridized carbons (Fsp3) is 0.391. The van der Waals surface area contributed by atoms with Crippen molar-refractivity contribution in [2.24, 2.45) is 0 Å². The number of aryl methyl sites for hydroxylation is 1. The van der Waals surface area contributed by atoms with E-state index in [1.54, 1.807) is 6.20 Å². The van der Waals surface area contributed by atoms with Crippen molar-refractivity contribution >= 4 is 17.2 Å². The maximum atomic E-state index is 15.5. The van der Waals surface area contributed by atoms with E-state index in [1.165, 1.54) is 30.4 Å². The minimum absolute atomic E-state index is 0.0809. The van der Waals surface area contributed by atoms with Gasteiger partial charge in [0.15, 0.2) is 0 Å². The summed E-state index contributed by atoms with van der Waals surface area (Å²) >= 11 is 1.27. The second kappa shape index (κ2) is 10.2. The first-order valence-electron chi connectivity index (χ1n) is 10.8. The molecule has 1 amide bonds. The summed E-state index contributed by atoms with van der Waals surface area (Å²) in [4.78, 5) is 24.7. The van der Waals surface area contributed by atoms with E-state index in [4.69, 9.17) is 9.47 Å². The zero-order valence-corrected chi connectivity index (χ0v) is 19.7. The Labute approximate surface area is 202 Å². The van der Waals surface area contributed by atoms with Gasteiger partial charge in [-0.3, -0.25) is 4.79 Å². The highest BCUT2D eigenvalue weighted by molar-refractivity contribution is 7.14. The van der Waals surface area contributed by atoms with Crippen LogP contribution in [0, 0.1) is 12.7 Å². The van der Waals surface area contributed by atoms with Gasteiger partial charge in [0.25, 0.3) is 5.91 Å². The van der Waals surface area contributed by atoms with E-state index in [1.807, 2.05) is 6.92 Å². The van der Waals surface area contributed by atoms with Crippen LogP contribution in [0.1, 0.15) is 52.4 Å². The van der Waals surface area contributed by atoms with Crippen LogP contribution in [0.2, 0.25) is 0 Å². The van der Waals surface area contributed by atoms with E-state index < -0.39 is 29.8 Å². The average Bonchev–Trinajstić information content (AvgIpc) is 3.49. The average molecular weight is 511 g/mol. The molecule has 1 fully saturated rings. The van der Waals surface area contributed by atoms with Crippen molar-refractivity contribution in [1.82, 2.24) is 20.3 Å². The summed E-state index contributed by atoms with van der Waals surface area (Å²) in [6.45, 7) is 4.27. The smallest absolute Gasteiger partial charge is 0.451 e. The highest BCUT2D eigenvalue weighted by Crippen LogP contribution is 2.33. The van der Waals surface area contributed by atoms with Gasteiger partial charge in [-0.25, -0.2) is 19.3 Å². The van der Waals surface area contributed by atoms with E-state index >= 15 is 4.39 Å². The maximum absolute atomic E-state index is 15.5. The van der Waals surface area contributed by atoms with Crippen molar-refractivity contribution in [2.75, 3.05) is 13.2 Å². The number of amides is 1. The lowest BCUT2D eigenvalue weighted by Gasteiger charge is -2.17. The number of carbonyl (C=O) groups excluding carboxylic acids is 1. The van der Waals surface area contributed by atoms with Crippen LogP contribution in [-0.2, 0) is 10.9 Å². The molecule has 12 heteroatoms. The zero-order chi connectivity index (χ0) is 25.2. The van der Waals surface area contributed by atoms with E-state index in [2.05, 4.69) is 20.3 Å².